The van der Waals surface area contributed by atoms with Crippen molar-refractivity contribution in [3.8, 4) is 17.2 Å². The zero-order valence-electron chi connectivity index (χ0n) is 17.7. The summed E-state index contributed by atoms with van der Waals surface area (Å²) in [5, 5.41) is 18.2. The number of rotatable bonds is 8. The number of aryl methyl sites for hydroxylation is 2. The van der Waals surface area contributed by atoms with Gasteiger partial charge in [-0.2, -0.15) is 10.1 Å². The van der Waals surface area contributed by atoms with Crippen LogP contribution >= 0.6 is 0 Å². The number of primary amides is 1. The molecule has 0 fully saturated rings. The summed E-state index contributed by atoms with van der Waals surface area (Å²) in [6.45, 7) is 2.16. The zero-order chi connectivity index (χ0) is 22.7. The van der Waals surface area contributed by atoms with Gasteiger partial charge in [-0.15, -0.1) is 10.2 Å². The van der Waals surface area contributed by atoms with Gasteiger partial charge in [-0.1, -0.05) is 6.07 Å². The van der Waals surface area contributed by atoms with Crippen molar-refractivity contribution in [3.05, 3.63) is 53.8 Å². The molecule has 1 aromatic carbocycles. The molecule has 0 bridgehead atoms. The lowest BCUT2D eigenvalue weighted by Crippen LogP contribution is -2.16. The summed E-state index contributed by atoms with van der Waals surface area (Å²) in [7, 11) is 3.35. The molecule has 32 heavy (non-hydrogen) atoms. The van der Waals surface area contributed by atoms with Gasteiger partial charge < -0.3 is 25.5 Å². The predicted octanol–water partition coefficient (Wildman–Crippen LogP) is 2.03. The minimum atomic E-state index is -0.672. The number of benzene rings is 1. The van der Waals surface area contributed by atoms with Crippen molar-refractivity contribution in [1.29, 1.82) is 0 Å². The van der Waals surface area contributed by atoms with E-state index in [1.807, 2.05) is 13.2 Å². The number of nitrogens with two attached hydrogens (primary N) is 1. The van der Waals surface area contributed by atoms with Crippen molar-refractivity contribution in [2.24, 2.45) is 12.8 Å². The van der Waals surface area contributed by atoms with Gasteiger partial charge in [-0.25, -0.2) is 4.98 Å². The van der Waals surface area contributed by atoms with E-state index < -0.39 is 5.91 Å². The summed E-state index contributed by atoms with van der Waals surface area (Å²) in [6.07, 6.45) is 4.97. The fourth-order valence-corrected chi connectivity index (χ4v) is 3.04. The first kappa shape index (κ1) is 20.8. The van der Waals surface area contributed by atoms with Crippen molar-refractivity contribution in [2.75, 3.05) is 17.7 Å². The summed E-state index contributed by atoms with van der Waals surface area (Å²) in [4.78, 5) is 20.6. The SMILES string of the molecule is COc1c(Nc2nc(NCc3cnn(C)c3)ncc2C(N)=O)cccc1-c1nnc(C)o1. The van der Waals surface area contributed by atoms with E-state index in [0.717, 1.165) is 5.56 Å². The minimum absolute atomic E-state index is 0.123. The number of hydrogen-bond acceptors (Lipinski definition) is 10. The summed E-state index contributed by atoms with van der Waals surface area (Å²) in [6, 6.07) is 5.33. The highest BCUT2D eigenvalue weighted by atomic mass is 16.5. The fourth-order valence-electron chi connectivity index (χ4n) is 3.04. The molecule has 4 N–H and O–H groups in total. The Morgan fingerprint density at radius 2 is 2.12 bits per heavy atom. The van der Waals surface area contributed by atoms with Gasteiger partial charge in [-0.3, -0.25) is 9.48 Å². The Morgan fingerprint density at radius 1 is 1.28 bits per heavy atom. The lowest BCUT2D eigenvalue weighted by Gasteiger charge is -2.15. The number of amides is 1. The topological polar surface area (TPSA) is 159 Å². The quantitative estimate of drug-likeness (QED) is 0.374. The van der Waals surface area contributed by atoms with Crippen molar-refractivity contribution in [1.82, 2.24) is 29.9 Å². The molecule has 4 rings (SSSR count). The number of nitrogens with one attached hydrogen (secondary N) is 2. The van der Waals surface area contributed by atoms with Crippen LogP contribution in [0.1, 0.15) is 21.8 Å². The van der Waals surface area contributed by atoms with Crippen LogP contribution in [0, 0.1) is 6.92 Å². The Morgan fingerprint density at radius 3 is 2.78 bits per heavy atom. The lowest BCUT2D eigenvalue weighted by molar-refractivity contribution is 0.100. The van der Waals surface area contributed by atoms with E-state index in [0.29, 0.717) is 41.3 Å². The van der Waals surface area contributed by atoms with E-state index in [4.69, 9.17) is 14.9 Å². The molecular weight excluding hydrogens is 414 g/mol. The molecule has 0 aliphatic rings. The van der Waals surface area contributed by atoms with Crippen LogP contribution < -0.4 is 21.1 Å². The molecule has 1 amide bonds. The first-order valence-electron chi connectivity index (χ1n) is 9.57. The molecule has 4 aromatic rings. The van der Waals surface area contributed by atoms with Gasteiger partial charge in [0.2, 0.25) is 11.8 Å². The van der Waals surface area contributed by atoms with Crippen molar-refractivity contribution < 1.29 is 13.9 Å². The molecule has 0 aliphatic heterocycles. The monoisotopic (exact) mass is 435 g/mol. The van der Waals surface area contributed by atoms with E-state index >= 15 is 0 Å². The average Bonchev–Trinajstić information content (AvgIpc) is 3.40. The highest BCUT2D eigenvalue weighted by Crippen LogP contribution is 2.37. The van der Waals surface area contributed by atoms with Gasteiger partial charge in [0.05, 0.1) is 24.6 Å². The number of ether oxygens (including phenoxy) is 1. The maximum absolute atomic E-state index is 12.0. The molecule has 0 saturated heterocycles. The minimum Gasteiger partial charge on any atom is -0.494 e. The fraction of sp³-hybridized carbons (Fsp3) is 0.200. The molecule has 0 spiro atoms. The van der Waals surface area contributed by atoms with Gasteiger partial charge in [0.1, 0.15) is 11.4 Å². The molecule has 0 unspecified atom stereocenters. The van der Waals surface area contributed by atoms with Crippen LogP contribution in [0.4, 0.5) is 17.5 Å². The first-order valence-corrected chi connectivity index (χ1v) is 9.57. The molecular formula is C20H21N9O3. The molecule has 0 aliphatic carbocycles. The third-order valence-corrected chi connectivity index (χ3v) is 4.49. The number of aromatic nitrogens is 6. The van der Waals surface area contributed by atoms with E-state index in [1.165, 1.54) is 13.3 Å². The molecule has 0 saturated carbocycles. The van der Waals surface area contributed by atoms with Crippen molar-refractivity contribution in [3.63, 3.8) is 0 Å². The van der Waals surface area contributed by atoms with Crippen LogP contribution in [0.3, 0.4) is 0 Å². The smallest absolute Gasteiger partial charge is 0.254 e. The highest BCUT2D eigenvalue weighted by molar-refractivity contribution is 5.98. The van der Waals surface area contributed by atoms with E-state index in [9.17, 15) is 4.79 Å². The largest absolute Gasteiger partial charge is 0.494 e. The van der Waals surface area contributed by atoms with Crippen LogP contribution in [-0.4, -0.2) is 43.0 Å². The van der Waals surface area contributed by atoms with Gasteiger partial charge in [0.25, 0.3) is 11.8 Å². The second kappa shape index (κ2) is 8.71. The van der Waals surface area contributed by atoms with Gasteiger partial charge >= 0.3 is 0 Å². The lowest BCUT2D eigenvalue weighted by atomic mass is 10.1. The molecule has 3 heterocycles. The number of hydrogen-bond donors (Lipinski definition) is 3. The van der Waals surface area contributed by atoms with Crippen LogP contribution in [-0.2, 0) is 13.6 Å². The van der Waals surface area contributed by atoms with Crippen molar-refractivity contribution in [2.45, 2.75) is 13.5 Å². The number of para-hydroxylation sites is 1. The van der Waals surface area contributed by atoms with Crippen LogP contribution in [0.25, 0.3) is 11.5 Å². The van der Waals surface area contributed by atoms with E-state index in [1.54, 1.807) is 36.0 Å². The molecule has 0 radical (unpaired) electrons. The standard InChI is InChI=1S/C20H21N9O3/c1-11-27-28-19(32-11)13-5-4-6-15(16(13)31-3)25-18-14(17(21)30)9-23-20(26-18)22-7-12-8-24-29(2)10-12/h4-6,8-10H,7H2,1-3H3,(H2,21,30)(H2,22,23,25,26). The summed E-state index contributed by atoms with van der Waals surface area (Å²) in [5.41, 5.74) is 7.72. The van der Waals surface area contributed by atoms with Crippen molar-refractivity contribution >= 4 is 23.4 Å². The normalized spacial score (nSPS) is 10.7. The Balaban J connectivity index is 1.66. The molecule has 12 heteroatoms. The van der Waals surface area contributed by atoms with E-state index in [2.05, 4.69) is 35.9 Å². The van der Waals surface area contributed by atoms with Crippen LogP contribution in [0.15, 0.2) is 41.2 Å². The van der Waals surface area contributed by atoms with Gasteiger partial charge in [0.15, 0.2) is 5.75 Å². The number of nitrogens with zero attached hydrogens (tertiary/aromatic N) is 6. The number of carbonyl (C=O) groups is 1. The van der Waals surface area contributed by atoms with Gasteiger partial charge in [0, 0.05) is 38.5 Å². The Labute approximate surface area is 182 Å². The predicted molar refractivity (Wildman–Crippen MR) is 115 cm³/mol. The Kier molecular flexibility index (Phi) is 5.66. The zero-order valence-corrected chi connectivity index (χ0v) is 17.7. The average molecular weight is 435 g/mol. The summed E-state index contributed by atoms with van der Waals surface area (Å²) in [5.74, 6) is 1.03. The maximum atomic E-state index is 12.0. The summed E-state index contributed by atoms with van der Waals surface area (Å²) < 4.78 is 12.8. The number of carbonyl (C=O) groups excluding carboxylic acids is 1. The Bertz CT molecular complexity index is 1260. The summed E-state index contributed by atoms with van der Waals surface area (Å²) >= 11 is 0. The molecule has 0 atom stereocenters. The van der Waals surface area contributed by atoms with E-state index in [-0.39, 0.29) is 11.4 Å². The highest BCUT2D eigenvalue weighted by Gasteiger charge is 2.19. The first-order chi connectivity index (χ1) is 15.4. The molecule has 12 nitrogen and oxygen atoms in total. The number of anilines is 3. The second-order valence-corrected chi connectivity index (χ2v) is 6.83. The van der Waals surface area contributed by atoms with Crippen LogP contribution in [0.2, 0.25) is 0 Å². The van der Waals surface area contributed by atoms with Gasteiger partial charge in [-0.05, 0) is 12.1 Å². The molecule has 164 valence electrons. The third-order valence-electron chi connectivity index (χ3n) is 4.49. The third kappa shape index (κ3) is 4.33. The second-order valence-electron chi connectivity index (χ2n) is 6.83. The maximum Gasteiger partial charge on any atom is 0.254 e. The number of methoxy groups -OCH3 is 1. The Hall–Kier alpha value is -4.48. The molecule has 3 aromatic heterocycles. The van der Waals surface area contributed by atoms with Crippen LogP contribution in [0.5, 0.6) is 5.75 Å².